The Morgan fingerprint density at radius 2 is 1.85 bits per heavy atom. The zero-order valence-electron chi connectivity index (χ0n) is 16.1. The molecule has 2 aromatic rings. The summed E-state index contributed by atoms with van der Waals surface area (Å²) in [6.07, 6.45) is 5.02. The van der Waals surface area contributed by atoms with Crippen LogP contribution in [0.3, 0.4) is 0 Å². The molecule has 0 bridgehead atoms. The predicted molar refractivity (Wildman–Crippen MR) is 105 cm³/mol. The molecule has 1 aliphatic rings. The predicted octanol–water partition coefficient (Wildman–Crippen LogP) is 4.52. The summed E-state index contributed by atoms with van der Waals surface area (Å²) >= 11 is 0. The Morgan fingerprint density at radius 3 is 2.50 bits per heavy atom. The quantitative estimate of drug-likeness (QED) is 0.802. The van der Waals surface area contributed by atoms with Crippen molar-refractivity contribution in [2.45, 2.75) is 65.6 Å². The van der Waals surface area contributed by atoms with Gasteiger partial charge in [0.05, 0.1) is 5.56 Å². The normalized spacial score (nSPS) is 20.3. The number of hydrogen-bond acceptors (Lipinski definition) is 2. The third-order valence-electron chi connectivity index (χ3n) is 5.96. The maximum atomic E-state index is 11.9. The minimum Gasteiger partial charge on any atom is -0.478 e. The van der Waals surface area contributed by atoms with Crippen LogP contribution in [-0.2, 0) is 13.1 Å². The molecule has 140 valence electrons. The SMILES string of the molecule is Cc1c(CN[C@H]2CCCC[C@@H]2C)c(C(=O)O)c(C)n1Cc1ccccc1. The molecule has 0 radical (unpaired) electrons. The van der Waals surface area contributed by atoms with Crippen molar-refractivity contribution in [3.05, 3.63) is 58.4 Å². The molecular formula is C22H30N2O2. The lowest BCUT2D eigenvalue weighted by molar-refractivity contribution is 0.0694. The number of carbonyl (C=O) groups is 1. The lowest BCUT2D eigenvalue weighted by Crippen LogP contribution is -2.37. The molecule has 1 saturated carbocycles. The van der Waals surface area contributed by atoms with Gasteiger partial charge in [-0.05, 0) is 38.2 Å². The zero-order valence-corrected chi connectivity index (χ0v) is 16.1. The molecular weight excluding hydrogens is 324 g/mol. The molecule has 4 heteroatoms. The first-order valence-corrected chi connectivity index (χ1v) is 9.68. The van der Waals surface area contributed by atoms with Crippen LogP contribution in [0, 0.1) is 19.8 Å². The third kappa shape index (κ3) is 3.85. The second-order valence-electron chi connectivity index (χ2n) is 7.65. The highest BCUT2D eigenvalue weighted by Gasteiger charge is 2.25. The van der Waals surface area contributed by atoms with Gasteiger partial charge in [0.25, 0.3) is 0 Å². The van der Waals surface area contributed by atoms with Gasteiger partial charge in [-0.1, -0.05) is 50.1 Å². The highest BCUT2D eigenvalue weighted by Crippen LogP contribution is 2.27. The van der Waals surface area contributed by atoms with E-state index in [0.717, 1.165) is 17.0 Å². The fraction of sp³-hybridized carbons (Fsp3) is 0.500. The molecule has 4 nitrogen and oxygen atoms in total. The van der Waals surface area contributed by atoms with Gasteiger partial charge >= 0.3 is 5.97 Å². The summed E-state index contributed by atoms with van der Waals surface area (Å²) in [5.74, 6) is -0.171. The standard InChI is InChI=1S/C22H30N2O2/c1-15-9-7-8-12-20(15)23-13-19-16(2)24(17(3)21(19)22(25)26)14-18-10-5-4-6-11-18/h4-6,10-11,15,20,23H,7-9,12-14H2,1-3H3,(H,25,26)/t15-,20-/m0/s1. The molecule has 0 unspecified atom stereocenters. The van der Waals surface area contributed by atoms with E-state index >= 15 is 0 Å². The van der Waals surface area contributed by atoms with Gasteiger partial charge in [-0.15, -0.1) is 0 Å². The van der Waals surface area contributed by atoms with E-state index in [1.165, 1.54) is 31.2 Å². The van der Waals surface area contributed by atoms with Crippen LogP contribution < -0.4 is 5.32 Å². The van der Waals surface area contributed by atoms with Gasteiger partial charge in [0, 0.05) is 36.1 Å². The maximum absolute atomic E-state index is 11.9. The molecule has 1 aliphatic carbocycles. The Morgan fingerprint density at radius 1 is 1.15 bits per heavy atom. The van der Waals surface area contributed by atoms with E-state index in [9.17, 15) is 9.90 Å². The second-order valence-corrected chi connectivity index (χ2v) is 7.65. The van der Waals surface area contributed by atoms with Gasteiger partial charge in [-0.3, -0.25) is 0 Å². The van der Waals surface area contributed by atoms with Crippen molar-refractivity contribution < 1.29 is 9.90 Å². The summed E-state index contributed by atoms with van der Waals surface area (Å²) in [6.45, 7) is 7.60. The van der Waals surface area contributed by atoms with E-state index in [-0.39, 0.29) is 0 Å². The highest BCUT2D eigenvalue weighted by atomic mass is 16.4. The fourth-order valence-corrected chi connectivity index (χ4v) is 4.30. The van der Waals surface area contributed by atoms with Crippen molar-refractivity contribution >= 4 is 5.97 Å². The Labute approximate surface area is 156 Å². The summed E-state index contributed by atoms with van der Waals surface area (Å²) < 4.78 is 2.14. The summed E-state index contributed by atoms with van der Waals surface area (Å²) in [5.41, 5.74) is 4.48. The minimum absolute atomic E-state index is 0.467. The van der Waals surface area contributed by atoms with E-state index < -0.39 is 5.97 Å². The maximum Gasteiger partial charge on any atom is 0.337 e. The topological polar surface area (TPSA) is 54.3 Å². The number of hydrogen-bond donors (Lipinski definition) is 2. The van der Waals surface area contributed by atoms with Crippen molar-refractivity contribution in [2.75, 3.05) is 0 Å². The van der Waals surface area contributed by atoms with E-state index in [1.54, 1.807) is 0 Å². The molecule has 1 aromatic carbocycles. The number of rotatable bonds is 6. The van der Waals surface area contributed by atoms with E-state index in [0.29, 0.717) is 30.6 Å². The number of nitrogens with zero attached hydrogens (tertiary/aromatic N) is 1. The first kappa shape index (κ1) is 18.7. The van der Waals surface area contributed by atoms with Gasteiger partial charge in [-0.2, -0.15) is 0 Å². The first-order valence-electron chi connectivity index (χ1n) is 9.68. The van der Waals surface area contributed by atoms with Crippen LogP contribution in [0.15, 0.2) is 30.3 Å². The van der Waals surface area contributed by atoms with Gasteiger partial charge < -0.3 is 15.0 Å². The highest BCUT2D eigenvalue weighted by molar-refractivity contribution is 5.91. The first-order chi connectivity index (χ1) is 12.5. The number of carboxylic acids is 1. The average Bonchev–Trinajstić information content (AvgIpc) is 2.86. The average molecular weight is 354 g/mol. The van der Waals surface area contributed by atoms with E-state index in [2.05, 4.69) is 28.9 Å². The van der Waals surface area contributed by atoms with Crippen LogP contribution in [-0.4, -0.2) is 21.7 Å². The monoisotopic (exact) mass is 354 g/mol. The van der Waals surface area contributed by atoms with Crippen molar-refractivity contribution in [1.82, 2.24) is 9.88 Å². The van der Waals surface area contributed by atoms with Gasteiger partial charge in [0.1, 0.15) is 0 Å². The van der Waals surface area contributed by atoms with Gasteiger partial charge in [0.15, 0.2) is 0 Å². The lowest BCUT2D eigenvalue weighted by Gasteiger charge is -2.29. The fourth-order valence-electron chi connectivity index (χ4n) is 4.30. The number of carboxylic acid groups (broad SMARTS) is 1. The largest absolute Gasteiger partial charge is 0.478 e. The van der Waals surface area contributed by atoms with Crippen LogP contribution in [0.4, 0.5) is 0 Å². The van der Waals surface area contributed by atoms with Crippen LogP contribution in [0.1, 0.15) is 65.5 Å². The molecule has 0 saturated heterocycles. The minimum atomic E-state index is -0.828. The molecule has 1 aromatic heterocycles. The number of aromatic carboxylic acids is 1. The Bertz CT molecular complexity index is 764. The molecule has 0 spiro atoms. The Hall–Kier alpha value is -2.07. The van der Waals surface area contributed by atoms with Crippen LogP contribution in [0.25, 0.3) is 0 Å². The number of benzene rings is 1. The molecule has 0 amide bonds. The molecule has 1 fully saturated rings. The van der Waals surface area contributed by atoms with Crippen LogP contribution >= 0.6 is 0 Å². The summed E-state index contributed by atoms with van der Waals surface area (Å²) in [6, 6.07) is 10.7. The third-order valence-corrected chi connectivity index (χ3v) is 5.96. The molecule has 1 heterocycles. The van der Waals surface area contributed by atoms with E-state index in [1.807, 2.05) is 32.0 Å². The van der Waals surface area contributed by atoms with Crippen LogP contribution in [0.2, 0.25) is 0 Å². The number of nitrogens with one attached hydrogen (secondary N) is 1. The summed E-state index contributed by atoms with van der Waals surface area (Å²) in [5, 5.41) is 13.4. The van der Waals surface area contributed by atoms with Crippen molar-refractivity contribution in [2.24, 2.45) is 5.92 Å². The molecule has 2 N–H and O–H groups in total. The molecule has 0 aliphatic heterocycles. The lowest BCUT2D eigenvalue weighted by atomic mass is 9.86. The Balaban J connectivity index is 1.86. The smallest absolute Gasteiger partial charge is 0.337 e. The number of aromatic nitrogens is 1. The van der Waals surface area contributed by atoms with Crippen LogP contribution in [0.5, 0.6) is 0 Å². The Kier molecular flexibility index (Phi) is 5.82. The van der Waals surface area contributed by atoms with Crippen molar-refractivity contribution in [3.8, 4) is 0 Å². The van der Waals surface area contributed by atoms with E-state index in [4.69, 9.17) is 0 Å². The molecule has 2 atom stereocenters. The van der Waals surface area contributed by atoms with Gasteiger partial charge in [0.2, 0.25) is 0 Å². The molecule has 26 heavy (non-hydrogen) atoms. The molecule has 3 rings (SSSR count). The van der Waals surface area contributed by atoms with Gasteiger partial charge in [-0.25, -0.2) is 4.79 Å². The van der Waals surface area contributed by atoms with Crippen molar-refractivity contribution in [1.29, 1.82) is 0 Å². The zero-order chi connectivity index (χ0) is 18.7. The summed E-state index contributed by atoms with van der Waals surface area (Å²) in [7, 11) is 0. The van der Waals surface area contributed by atoms with Crippen molar-refractivity contribution in [3.63, 3.8) is 0 Å². The second kappa shape index (κ2) is 8.09. The summed E-state index contributed by atoms with van der Waals surface area (Å²) in [4.78, 5) is 11.9.